The Kier molecular flexibility index (Phi) is 30.2. The number of imide groups is 1. The highest BCUT2D eigenvalue weighted by atomic mass is 32.1. The number of unbranched alkanes of at least 4 members (excludes halogenated alkanes) is 2. The van der Waals surface area contributed by atoms with Crippen molar-refractivity contribution in [1.82, 2.24) is 55.7 Å². The van der Waals surface area contributed by atoms with E-state index in [9.17, 15) is 52.7 Å². The van der Waals surface area contributed by atoms with E-state index in [1.807, 2.05) is 63.5 Å². The summed E-state index contributed by atoms with van der Waals surface area (Å²) in [5.74, 6) is -5.57. The second-order valence-electron chi connectivity index (χ2n) is 26.1. The monoisotopic (exact) mass is 1350 g/mol. The molecular weight excluding hydrogens is 1250 g/mol. The van der Waals surface area contributed by atoms with Gasteiger partial charge in [0.05, 0.1) is 55.8 Å². The van der Waals surface area contributed by atoms with Crippen LogP contribution in [0.25, 0.3) is 0 Å². The van der Waals surface area contributed by atoms with Crippen molar-refractivity contribution in [3.63, 3.8) is 0 Å². The Balaban J connectivity index is 1.04. The van der Waals surface area contributed by atoms with Crippen LogP contribution in [0.5, 0.6) is 0 Å². The van der Waals surface area contributed by atoms with Crippen LogP contribution < -0.4 is 26.6 Å². The number of methoxy groups -OCH3 is 2. The van der Waals surface area contributed by atoms with Crippen LogP contribution in [0.15, 0.2) is 66.2 Å². The highest BCUT2D eigenvalue weighted by Crippen LogP contribution is 2.31. The SMILES string of the molecule is CC[C@H](C)[C@@H]([C@@H](CC(=O)N1CCC[C@H]1[C@H](OC)[C@@H](C)C(=O)N[C@@H](Cc1ccccc1)c1nccs1)OC)N(C)C(=O)CNC(=O)C(C(C)C)N(C)C(=O)OC(C(=O)N1CCN(C)CC1)c1ccc(NC(=O)CNC(=O)C(NC(=O)CCCCCN2C(=O)CCC2=O)C(C)C)cc1. The second kappa shape index (κ2) is 37.6. The highest BCUT2D eigenvalue weighted by molar-refractivity contribution is 7.09. The molecule has 0 spiro atoms. The van der Waals surface area contributed by atoms with Crippen molar-refractivity contribution in [3.05, 3.63) is 82.3 Å². The molecule has 0 saturated carbocycles. The van der Waals surface area contributed by atoms with Gasteiger partial charge in [-0.1, -0.05) is 104 Å². The Morgan fingerprint density at radius 2 is 1.41 bits per heavy atom. The van der Waals surface area contributed by atoms with Crippen LogP contribution in [0, 0.1) is 23.7 Å². The van der Waals surface area contributed by atoms with E-state index in [1.165, 1.54) is 59.6 Å². The van der Waals surface area contributed by atoms with Crippen molar-refractivity contribution in [1.29, 1.82) is 0 Å². The Morgan fingerprint density at radius 1 is 0.740 bits per heavy atom. The van der Waals surface area contributed by atoms with Crippen molar-refractivity contribution < 1.29 is 67.0 Å². The van der Waals surface area contributed by atoms with E-state index < -0.39 is 103 Å². The number of nitrogens with one attached hydrogen (secondary N) is 5. The summed E-state index contributed by atoms with van der Waals surface area (Å²) in [4.78, 5) is 163. The third kappa shape index (κ3) is 21.6. The predicted octanol–water partition coefficient (Wildman–Crippen LogP) is 5.09. The van der Waals surface area contributed by atoms with Crippen molar-refractivity contribution in [2.24, 2.45) is 23.7 Å². The third-order valence-corrected chi connectivity index (χ3v) is 19.4. The summed E-state index contributed by atoms with van der Waals surface area (Å²) in [6.07, 6.45) is 2.47. The Bertz CT molecular complexity index is 3080. The number of amides is 11. The van der Waals surface area contributed by atoms with Crippen molar-refractivity contribution in [3.8, 4) is 0 Å². The second-order valence-corrected chi connectivity index (χ2v) is 27.0. The van der Waals surface area contributed by atoms with Crippen LogP contribution in [0.2, 0.25) is 0 Å². The van der Waals surface area contributed by atoms with Gasteiger partial charge in [-0.2, -0.15) is 0 Å². The minimum Gasteiger partial charge on any atom is -0.431 e. The third-order valence-electron chi connectivity index (χ3n) is 18.6. The van der Waals surface area contributed by atoms with E-state index in [2.05, 4.69) is 36.5 Å². The van der Waals surface area contributed by atoms with Crippen LogP contribution in [0.1, 0.15) is 141 Å². The molecule has 5 N–H and O–H groups in total. The number of carbonyl (C=O) groups excluding carboxylic acids is 11. The molecule has 1 aromatic heterocycles. The molecule has 96 heavy (non-hydrogen) atoms. The number of aromatic nitrogens is 1. The first-order chi connectivity index (χ1) is 45.8. The number of likely N-dealkylation sites (N-methyl/N-ethyl adjacent to an activating group) is 3. The van der Waals surface area contributed by atoms with E-state index in [0.717, 1.165) is 15.5 Å². The fourth-order valence-electron chi connectivity index (χ4n) is 12.8. The molecule has 0 bridgehead atoms. The number of likely N-dealkylation sites (tertiary alicyclic amines) is 2. The molecule has 27 heteroatoms. The number of anilines is 1. The lowest BCUT2D eigenvalue weighted by Gasteiger charge is -2.39. The van der Waals surface area contributed by atoms with Crippen molar-refractivity contribution in [2.75, 3.05) is 93.0 Å². The fraction of sp³-hybridized carbons (Fsp3) is 0.623. The first-order valence-corrected chi connectivity index (χ1v) is 34.5. The maximum absolute atomic E-state index is 14.5. The van der Waals surface area contributed by atoms with Gasteiger partial charge in [-0.25, -0.2) is 9.78 Å². The number of hydrogen-bond donors (Lipinski definition) is 5. The number of thiazole rings is 1. The van der Waals surface area contributed by atoms with E-state index in [-0.39, 0.29) is 78.7 Å². The van der Waals surface area contributed by atoms with E-state index >= 15 is 0 Å². The van der Waals surface area contributed by atoms with Crippen LogP contribution in [-0.2, 0) is 68.6 Å². The predicted molar refractivity (Wildman–Crippen MR) is 361 cm³/mol. The molecule has 10 atom stereocenters. The Hall–Kier alpha value is -7.88. The number of benzene rings is 2. The minimum atomic E-state index is -1.48. The molecule has 3 unspecified atom stereocenters. The van der Waals surface area contributed by atoms with Crippen LogP contribution in [0.3, 0.4) is 0 Å². The summed E-state index contributed by atoms with van der Waals surface area (Å²) in [6, 6.07) is 12.5. The van der Waals surface area contributed by atoms with Gasteiger partial charge in [0.15, 0.2) is 0 Å². The quantitative estimate of drug-likeness (QED) is 0.0378. The first-order valence-electron chi connectivity index (χ1n) is 33.6. The van der Waals surface area contributed by atoms with E-state index in [4.69, 9.17) is 14.2 Å². The Labute approximate surface area is 569 Å². The number of nitrogens with zero attached hydrogens (tertiary/aromatic N) is 7. The molecule has 6 rings (SSSR count). The number of ether oxygens (including phenoxy) is 3. The van der Waals surface area contributed by atoms with Crippen LogP contribution in [0.4, 0.5) is 10.5 Å². The maximum atomic E-state index is 14.5. The van der Waals surface area contributed by atoms with Gasteiger partial charge in [0.1, 0.15) is 17.1 Å². The van der Waals surface area contributed by atoms with Gasteiger partial charge in [0.25, 0.3) is 5.91 Å². The zero-order valence-corrected chi connectivity index (χ0v) is 58.8. The number of carbonyl (C=O) groups is 11. The first kappa shape index (κ1) is 77.1. The van der Waals surface area contributed by atoms with Crippen molar-refractivity contribution >= 4 is 82.2 Å². The summed E-state index contributed by atoms with van der Waals surface area (Å²) < 4.78 is 18.2. The van der Waals surface area contributed by atoms with Gasteiger partial charge in [0.2, 0.25) is 59.3 Å². The molecule has 3 aromatic rings. The summed E-state index contributed by atoms with van der Waals surface area (Å²) in [5, 5.41) is 16.7. The average Bonchev–Trinajstić information content (AvgIpc) is 1.37. The van der Waals surface area contributed by atoms with E-state index in [0.29, 0.717) is 89.9 Å². The minimum absolute atomic E-state index is 0.0832. The number of rotatable bonds is 35. The Morgan fingerprint density at radius 3 is 2.01 bits per heavy atom. The lowest BCUT2D eigenvalue weighted by molar-refractivity contribution is -0.146. The zero-order valence-electron chi connectivity index (χ0n) is 58.0. The zero-order chi connectivity index (χ0) is 70.3. The molecule has 3 fully saturated rings. The molecule has 4 heterocycles. The smallest absolute Gasteiger partial charge is 0.411 e. The van der Waals surface area contributed by atoms with Crippen LogP contribution in [-0.4, -0.2) is 224 Å². The number of piperazine rings is 1. The average molecular weight is 1360 g/mol. The molecule has 26 nitrogen and oxygen atoms in total. The molecule has 3 saturated heterocycles. The number of hydrogen-bond acceptors (Lipinski definition) is 17. The molecule has 3 aliphatic rings. The van der Waals surface area contributed by atoms with Gasteiger partial charge in [0, 0.05) is 110 Å². The molecule has 3 aliphatic heterocycles. The summed E-state index contributed by atoms with van der Waals surface area (Å²) in [6.45, 7) is 14.4. The van der Waals surface area contributed by atoms with Gasteiger partial charge in [-0.15, -0.1) is 11.3 Å². The molecule has 0 radical (unpaired) electrons. The molecule has 2 aromatic carbocycles. The van der Waals surface area contributed by atoms with Gasteiger partial charge < -0.3 is 60.4 Å². The van der Waals surface area contributed by atoms with Gasteiger partial charge in [-0.3, -0.25) is 57.7 Å². The summed E-state index contributed by atoms with van der Waals surface area (Å²) in [5.41, 5.74) is 1.62. The normalized spacial score (nSPS) is 17.9. The van der Waals surface area contributed by atoms with Crippen LogP contribution >= 0.6 is 11.3 Å². The lowest BCUT2D eigenvalue weighted by atomic mass is 9.90. The van der Waals surface area contributed by atoms with Crippen molar-refractivity contribution in [2.45, 2.75) is 168 Å². The maximum Gasteiger partial charge on any atom is 0.411 e. The largest absolute Gasteiger partial charge is 0.431 e. The van der Waals surface area contributed by atoms with Gasteiger partial charge >= 0.3 is 6.09 Å². The topological polar surface area (TPSA) is 308 Å². The molecule has 11 amide bonds. The molecule has 0 aliphatic carbocycles. The molecule has 528 valence electrons. The van der Waals surface area contributed by atoms with E-state index in [1.54, 1.807) is 57.8 Å². The highest BCUT2D eigenvalue weighted by Gasteiger charge is 2.43. The molecular formula is C69H102N12O14S. The summed E-state index contributed by atoms with van der Waals surface area (Å²) in [7, 11) is 7.96. The summed E-state index contributed by atoms with van der Waals surface area (Å²) >= 11 is 1.47. The van der Waals surface area contributed by atoms with Gasteiger partial charge in [-0.05, 0) is 74.6 Å². The standard InChI is InChI=1S/C69H102N12O14S/c1-13-45(6)61(52(93-11)40-57(86)80-33-20-23-51(80)62(94-12)46(7)64(88)74-50(67-70-31-38-96-67)39-47-21-16-14-17-22-47)77(9)58(87)42-72-66(90)60(44(4)5)78(10)69(92)95-63(68(91)79-36-34-76(8)35-37-79)48-25-27-49(28-26-48)73-54(83)41-71-65(89)59(43(2)3)75-53(82)24-18-15-19-32-81-55(84)29-30-56(81)85/h14,16-17,21-22,25-28,31,38,43-46,50-52,59-63H,13,15,18-20,23-24,29-30,32-37,39-42H2,1-12H3,(H,71,89)(H,72,90)(H,73,83)(H,74,88)(H,75,82)/t45-,46+,50-,51-,52+,59?,60?,61-,62+,63?/m0/s1. The fourth-order valence-corrected chi connectivity index (χ4v) is 13.5. The lowest BCUT2D eigenvalue weighted by Crippen LogP contribution is -2.56.